The second-order valence-electron chi connectivity index (χ2n) is 12.6. The van der Waals surface area contributed by atoms with E-state index in [-0.39, 0.29) is 43.4 Å². The van der Waals surface area contributed by atoms with Crippen LogP contribution in [0.3, 0.4) is 0 Å². The molecule has 8 heteroatoms. The van der Waals surface area contributed by atoms with E-state index < -0.39 is 41.1 Å². The van der Waals surface area contributed by atoms with E-state index in [4.69, 9.17) is 9.47 Å². The van der Waals surface area contributed by atoms with Crippen molar-refractivity contribution in [2.75, 3.05) is 24.7 Å². The molecule has 3 fully saturated rings. The molecule has 2 bridgehead atoms. The maximum absolute atomic E-state index is 14.9. The third-order valence-electron chi connectivity index (χ3n) is 9.44. The van der Waals surface area contributed by atoms with Crippen LogP contribution in [0, 0.1) is 37.5 Å². The van der Waals surface area contributed by atoms with Crippen molar-refractivity contribution in [3.63, 3.8) is 0 Å². The van der Waals surface area contributed by atoms with E-state index in [1.165, 1.54) is 0 Å². The molecule has 1 aromatic rings. The fourth-order valence-corrected chi connectivity index (χ4v) is 7.66. The molecule has 1 N–H and O–H groups in total. The Hall–Kier alpha value is -2.97. The molecular weight excluding hydrogens is 520 g/mol. The predicted molar refractivity (Wildman–Crippen MR) is 158 cm³/mol. The third-order valence-corrected chi connectivity index (χ3v) is 9.44. The summed E-state index contributed by atoms with van der Waals surface area (Å²) in [5, 5.41) is 10.6. The average Bonchev–Trinajstić information content (AvgIpc) is 3.42. The first-order valence-corrected chi connectivity index (χ1v) is 14.8. The quantitative estimate of drug-likeness (QED) is 0.230. The van der Waals surface area contributed by atoms with E-state index in [2.05, 4.69) is 13.2 Å². The molecule has 0 radical (unpaired) electrons. The highest BCUT2D eigenvalue weighted by Crippen LogP contribution is 2.66. The maximum atomic E-state index is 14.9. The Morgan fingerprint density at radius 3 is 2.46 bits per heavy atom. The van der Waals surface area contributed by atoms with Crippen molar-refractivity contribution in [3.05, 3.63) is 54.6 Å². The van der Waals surface area contributed by atoms with Crippen LogP contribution in [0.25, 0.3) is 0 Å². The summed E-state index contributed by atoms with van der Waals surface area (Å²) in [6.45, 7) is 19.5. The van der Waals surface area contributed by atoms with Gasteiger partial charge in [0, 0.05) is 12.2 Å². The molecule has 3 saturated heterocycles. The summed E-state index contributed by atoms with van der Waals surface area (Å²) in [6, 6.07) is 4.22. The van der Waals surface area contributed by atoms with Crippen LogP contribution < -0.4 is 4.90 Å². The first-order valence-electron chi connectivity index (χ1n) is 14.8. The molecule has 2 amide bonds. The molecule has 0 aliphatic carbocycles. The molecule has 0 aromatic heterocycles. The molecule has 7 atom stereocenters. The molecule has 3 unspecified atom stereocenters. The minimum Gasteiger partial charge on any atom is -0.465 e. The van der Waals surface area contributed by atoms with Gasteiger partial charge in [-0.1, -0.05) is 51.1 Å². The first kappa shape index (κ1) is 31.0. The second kappa shape index (κ2) is 11.7. The van der Waals surface area contributed by atoms with Gasteiger partial charge in [0.05, 0.1) is 30.8 Å². The van der Waals surface area contributed by atoms with Crippen molar-refractivity contribution < 1.29 is 29.0 Å². The van der Waals surface area contributed by atoms with Crippen LogP contribution in [-0.4, -0.2) is 70.8 Å². The Kier molecular flexibility index (Phi) is 8.86. The van der Waals surface area contributed by atoms with Gasteiger partial charge in [0.2, 0.25) is 5.91 Å². The number of nitrogens with zero attached hydrogens (tertiary/aromatic N) is 2. The number of benzene rings is 1. The van der Waals surface area contributed by atoms with Gasteiger partial charge >= 0.3 is 5.97 Å². The smallest absolute Gasteiger partial charge is 0.312 e. The van der Waals surface area contributed by atoms with Gasteiger partial charge in [-0.25, -0.2) is 0 Å². The predicted octanol–water partition coefficient (Wildman–Crippen LogP) is 4.36. The van der Waals surface area contributed by atoms with E-state index >= 15 is 0 Å². The molecule has 1 spiro atoms. The van der Waals surface area contributed by atoms with Crippen LogP contribution >= 0.6 is 0 Å². The zero-order valence-electron chi connectivity index (χ0n) is 25.4. The van der Waals surface area contributed by atoms with E-state index in [0.29, 0.717) is 19.3 Å². The fourth-order valence-electron chi connectivity index (χ4n) is 7.66. The summed E-state index contributed by atoms with van der Waals surface area (Å²) in [7, 11) is 0. The molecule has 4 rings (SSSR count). The largest absolute Gasteiger partial charge is 0.465 e. The lowest BCUT2D eigenvalue weighted by Gasteiger charge is -2.40. The highest BCUT2D eigenvalue weighted by atomic mass is 16.6. The van der Waals surface area contributed by atoms with Crippen LogP contribution in [-0.2, 0) is 23.9 Å². The van der Waals surface area contributed by atoms with Crippen molar-refractivity contribution in [3.8, 4) is 0 Å². The molecular formula is C33H46N2O6. The lowest BCUT2D eigenvalue weighted by atomic mass is 9.62. The standard InChI is InChI=1S/C33H46N2O6/c1-9-11-16-40-31(39)26-25-29(37)35(24(19-36)17-20(3)4)28(33(25)18-23(7)32(26,8)41-33)30(38)34(15-10-2)27-21(5)13-12-14-22(27)6/h9-10,12-14,20,23-26,28,36H,1-2,11,15-19H2,3-8H3/t23?,24-,25+,26-,28?,32+,33?/m1/s1. The number of carbonyl (C=O) groups excluding carboxylic acids is 3. The second-order valence-corrected chi connectivity index (χ2v) is 12.6. The normalized spacial score (nSPS) is 30.8. The van der Waals surface area contributed by atoms with Gasteiger partial charge < -0.3 is 24.4 Å². The number of fused-ring (bicyclic) bond motifs is 1. The number of aliphatic hydroxyl groups is 1. The maximum Gasteiger partial charge on any atom is 0.312 e. The molecule has 41 heavy (non-hydrogen) atoms. The van der Waals surface area contributed by atoms with Crippen LogP contribution in [0.15, 0.2) is 43.5 Å². The van der Waals surface area contributed by atoms with E-state index in [1.54, 1.807) is 22.0 Å². The van der Waals surface area contributed by atoms with E-state index in [0.717, 1.165) is 16.8 Å². The Bertz CT molecular complexity index is 1190. The number of aryl methyl sites for hydroxylation is 2. The Morgan fingerprint density at radius 2 is 1.90 bits per heavy atom. The number of amides is 2. The lowest BCUT2D eigenvalue weighted by Crippen LogP contribution is -2.59. The minimum absolute atomic E-state index is 0.107. The number of esters is 1. The highest BCUT2D eigenvalue weighted by Gasteiger charge is 2.80. The van der Waals surface area contributed by atoms with Crippen LogP contribution in [0.2, 0.25) is 0 Å². The van der Waals surface area contributed by atoms with Crippen LogP contribution in [0.5, 0.6) is 0 Å². The summed E-state index contributed by atoms with van der Waals surface area (Å²) in [5.41, 5.74) is 0.412. The summed E-state index contributed by atoms with van der Waals surface area (Å²) in [6.07, 6.45) is 4.79. The van der Waals surface area contributed by atoms with E-state index in [9.17, 15) is 19.5 Å². The number of rotatable bonds is 12. The highest BCUT2D eigenvalue weighted by molar-refractivity contribution is 6.05. The van der Waals surface area contributed by atoms with Gasteiger partial charge in [0.1, 0.15) is 17.6 Å². The summed E-state index contributed by atoms with van der Waals surface area (Å²) < 4.78 is 12.5. The number of hydrogen-bond acceptors (Lipinski definition) is 6. The SMILES string of the molecule is C=CCCOC(=O)[C@H]1[C@H]2C(=O)N([C@@H](CO)CC(C)C)C(C(=O)N(CC=C)c3c(C)cccc3C)C23CC(C)[C@]1(C)O3. The Morgan fingerprint density at radius 1 is 1.24 bits per heavy atom. The number of carbonyl (C=O) groups is 3. The molecule has 224 valence electrons. The van der Waals surface area contributed by atoms with Crippen LogP contribution in [0.1, 0.15) is 58.1 Å². The van der Waals surface area contributed by atoms with Crippen molar-refractivity contribution in [2.24, 2.45) is 23.7 Å². The Labute approximate surface area is 244 Å². The lowest BCUT2D eigenvalue weighted by molar-refractivity contribution is -0.162. The number of hydrogen-bond donors (Lipinski definition) is 1. The van der Waals surface area contributed by atoms with Crippen molar-refractivity contribution >= 4 is 23.5 Å². The number of aliphatic hydroxyl groups excluding tert-OH is 1. The molecule has 8 nitrogen and oxygen atoms in total. The zero-order chi connectivity index (χ0) is 30.3. The fraction of sp³-hybridized carbons (Fsp3) is 0.606. The minimum atomic E-state index is -1.23. The average molecular weight is 567 g/mol. The number of anilines is 1. The van der Waals surface area contributed by atoms with Gasteiger partial charge in [-0.2, -0.15) is 0 Å². The summed E-state index contributed by atoms with van der Waals surface area (Å²) in [5.74, 6) is -2.82. The number of likely N-dealkylation sites (tertiary alicyclic amines) is 1. The van der Waals surface area contributed by atoms with Gasteiger partial charge in [0.25, 0.3) is 5.91 Å². The van der Waals surface area contributed by atoms with Crippen molar-refractivity contribution in [2.45, 2.75) is 84.1 Å². The Balaban J connectivity index is 1.89. The topological polar surface area (TPSA) is 96.4 Å². The van der Waals surface area contributed by atoms with Gasteiger partial charge in [-0.15, -0.1) is 13.2 Å². The van der Waals surface area contributed by atoms with Crippen LogP contribution in [0.4, 0.5) is 5.69 Å². The summed E-state index contributed by atoms with van der Waals surface area (Å²) >= 11 is 0. The molecule has 3 aliphatic heterocycles. The summed E-state index contributed by atoms with van der Waals surface area (Å²) in [4.78, 5) is 46.3. The van der Waals surface area contributed by atoms with Crippen molar-refractivity contribution in [1.82, 2.24) is 4.90 Å². The monoisotopic (exact) mass is 566 g/mol. The molecule has 0 saturated carbocycles. The first-order chi connectivity index (χ1) is 19.4. The van der Waals surface area contributed by atoms with E-state index in [1.807, 2.05) is 59.7 Å². The van der Waals surface area contributed by atoms with Gasteiger partial charge in [-0.3, -0.25) is 14.4 Å². The zero-order valence-corrected chi connectivity index (χ0v) is 25.4. The molecule has 1 aromatic carbocycles. The molecule has 3 heterocycles. The van der Waals surface area contributed by atoms with Gasteiger partial charge in [0.15, 0.2) is 0 Å². The third kappa shape index (κ3) is 4.93. The molecule has 3 aliphatic rings. The number of ether oxygens (including phenoxy) is 2. The van der Waals surface area contributed by atoms with Gasteiger partial charge in [-0.05, 0) is 63.0 Å². The van der Waals surface area contributed by atoms with Crippen molar-refractivity contribution in [1.29, 1.82) is 0 Å². The number of para-hydroxylation sites is 1.